The van der Waals surface area contributed by atoms with Gasteiger partial charge in [0, 0.05) is 42.3 Å². The first-order chi connectivity index (χ1) is 16.1. The molecule has 5 N–H and O–H groups in total. The van der Waals surface area contributed by atoms with Gasteiger partial charge in [-0.25, -0.2) is 24.9 Å². The van der Waals surface area contributed by atoms with E-state index in [0.29, 0.717) is 52.1 Å². The molecule has 0 amide bonds. The molecule has 1 aromatic carbocycles. The van der Waals surface area contributed by atoms with Crippen LogP contribution in [0, 0.1) is 0 Å². The van der Waals surface area contributed by atoms with Gasteiger partial charge in [-0.1, -0.05) is 23.2 Å². The minimum absolute atomic E-state index is 0.447. The van der Waals surface area contributed by atoms with Gasteiger partial charge in [0.1, 0.15) is 18.0 Å². The van der Waals surface area contributed by atoms with Gasteiger partial charge >= 0.3 is 0 Å². The molecule has 0 radical (unpaired) electrons. The highest BCUT2D eigenvalue weighted by Crippen LogP contribution is 2.34. The normalized spacial score (nSPS) is 11.0. The number of imidazole rings is 1. The minimum atomic E-state index is 0.447. The number of hydroxylamine groups is 1. The van der Waals surface area contributed by atoms with Crippen LogP contribution in [0.15, 0.2) is 60.1 Å². The Morgan fingerprint density at radius 1 is 1.00 bits per heavy atom. The highest BCUT2D eigenvalue weighted by atomic mass is 35.5. The van der Waals surface area contributed by atoms with Crippen molar-refractivity contribution >= 4 is 47.0 Å². The lowest BCUT2D eigenvalue weighted by atomic mass is 10.1. The van der Waals surface area contributed by atoms with Gasteiger partial charge < -0.3 is 15.6 Å². The zero-order chi connectivity index (χ0) is 23.0. The van der Waals surface area contributed by atoms with Crippen LogP contribution in [-0.4, -0.2) is 49.6 Å². The van der Waals surface area contributed by atoms with E-state index in [9.17, 15) is 0 Å². The molecule has 0 aliphatic carbocycles. The number of hydrogen-bond acceptors (Lipinski definition) is 8. The SMILES string of the molecule is ONC=Nc1ccc(NCCNc2ncc(-c3ncc[nH]3)c(-c3ccc(Cl)cc3Cl)n2)nc1. The van der Waals surface area contributed by atoms with Crippen LogP contribution >= 0.6 is 23.2 Å². The zero-order valence-electron chi connectivity index (χ0n) is 17.1. The first kappa shape index (κ1) is 22.5. The van der Waals surface area contributed by atoms with Crippen molar-refractivity contribution in [2.24, 2.45) is 4.99 Å². The summed E-state index contributed by atoms with van der Waals surface area (Å²) in [6.45, 7) is 1.12. The van der Waals surface area contributed by atoms with E-state index in [1.807, 2.05) is 11.5 Å². The monoisotopic (exact) mass is 483 g/mol. The summed E-state index contributed by atoms with van der Waals surface area (Å²) in [7, 11) is 0. The third-order valence-corrected chi connectivity index (χ3v) is 5.01. The quantitative estimate of drug-likeness (QED) is 0.102. The van der Waals surface area contributed by atoms with Crippen LogP contribution in [0.3, 0.4) is 0 Å². The van der Waals surface area contributed by atoms with E-state index in [2.05, 4.69) is 40.5 Å². The number of hydrogen-bond donors (Lipinski definition) is 5. The largest absolute Gasteiger partial charge is 0.368 e. The molecule has 4 aromatic rings. The third-order valence-electron chi connectivity index (χ3n) is 4.46. The molecule has 12 heteroatoms. The predicted octanol–water partition coefficient (Wildman–Crippen LogP) is 4.40. The van der Waals surface area contributed by atoms with Gasteiger partial charge in [0.15, 0.2) is 0 Å². The molecule has 10 nitrogen and oxygen atoms in total. The van der Waals surface area contributed by atoms with Crippen LogP contribution in [0.5, 0.6) is 0 Å². The second-order valence-electron chi connectivity index (χ2n) is 6.66. The Morgan fingerprint density at radius 2 is 1.88 bits per heavy atom. The van der Waals surface area contributed by atoms with Crippen molar-refractivity contribution in [1.82, 2.24) is 30.4 Å². The van der Waals surface area contributed by atoms with Gasteiger partial charge in [0.05, 0.1) is 28.2 Å². The average Bonchev–Trinajstić information content (AvgIpc) is 3.36. The maximum absolute atomic E-state index is 8.52. The van der Waals surface area contributed by atoms with E-state index < -0.39 is 0 Å². The summed E-state index contributed by atoms with van der Waals surface area (Å²) in [6, 6.07) is 8.82. The van der Waals surface area contributed by atoms with Gasteiger partial charge in [-0.3, -0.25) is 10.7 Å². The average molecular weight is 484 g/mol. The number of nitrogens with zero attached hydrogens (tertiary/aromatic N) is 5. The summed E-state index contributed by atoms with van der Waals surface area (Å²) in [5.41, 5.74) is 4.53. The molecule has 0 aliphatic rings. The first-order valence-electron chi connectivity index (χ1n) is 9.82. The van der Waals surface area contributed by atoms with Crippen molar-refractivity contribution in [3.8, 4) is 22.6 Å². The fourth-order valence-electron chi connectivity index (χ4n) is 2.97. The molecule has 33 heavy (non-hydrogen) atoms. The molecule has 0 fully saturated rings. The Bertz CT molecular complexity index is 1230. The first-order valence-corrected chi connectivity index (χ1v) is 10.6. The fraction of sp³-hybridized carbons (Fsp3) is 0.0952. The minimum Gasteiger partial charge on any atom is -0.368 e. The van der Waals surface area contributed by atoms with Gasteiger partial charge in [0.2, 0.25) is 5.95 Å². The summed E-state index contributed by atoms with van der Waals surface area (Å²) >= 11 is 12.5. The number of rotatable bonds is 9. The summed E-state index contributed by atoms with van der Waals surface area (Å²) in [5, 5.41) is 15.9. The summed E-state index contributed by atoms with van der Waals surface area (Å²) in [5.74, 6) is 1.77. The number of benzene rings is 1. The third kappa shape index (κ3) is 5.75. The van der Waals surface area contributed by atoms with Crippen molar-refractivity contribution in [3.05, 3.63) is 65.2 Å². The number of nitrogens with one attached hydrogen (secondary N) is 4. The van der Waals surface area contributed by atoms with Crippen LogP contribution in [0.1, 0.15) is 0 Å². The van der Waals surface area contributed by atoms with E-state index in [1.54, 1.807) is 49.1 Å². The molecule has 0 aliphatic heterocycles. The molecule has 4 rings (SSSR count). The van der Waals surface area contributed by atoms with Gasteiger partial charge in [-0.2, -0.15) is 0 Å². The van der Waals surface area contributed by atoms with Gasteiger partial charge in [-0.05, 0) is 30.3 Å². The molecule has 0 unspecified atom stereocenters. The molecule has 0 saturated heterocycles. The van der Waals surface area contributed by atoms with Crippen LogP contribution in [0.4, 0.5) is 17.5 Å². The Hall–Kier alpha value is -3.73. The highest BCUT2D eigenvalue weighted by Gasteiger charge is 2.16. The van der Waals surface area contributed by atoms with Crippen molar-refractivity contribution < 1.29 is 5.21 Å². The van der Waals surface area contributed by atoms with E-state index >= 15 is 0 Å². The molecule has 0 saturated carbocycles. The second kappa shape index (κ2) is 10.7. The molecular weight excluding hydrogens is 465 g/mol. The number of H-pyrrole nitrogens is 1. The number of halogens is 2. The second-order valence-corrected chi connectivity index (χ2v) is 7.50. The Balaban J connectivity index is 1.45. The number of aliphatic imine (C=N–C) groups is 1. The molecule has 3 heterocycles. The van der Waals surface area contributed by atoms with Crippen LogP contribution in [0.2, 0.25) is 10.0 Å². The molecule has 0 spiro atoms. The predicted molar refractivity (Wildman–Crippen MR) is 129 cm³/mol. The molecule has 0 atom stereocenters. The van der Waals surface area contributed by atoms with E-state index in [0.717, 1.165) is 17.5 Å². The topological polar surface area (TPSA) is 136 Å². The standard InChI is InChI=1S/C21H19Cl2N9O/c22-13-1-3-15(17(23)9-13)19-16(20-25-6-7-26-20)11-29-21(32-19)27-8-5-24-18-4-2-14(10-28-18)30-12-31-33/h1-4,6-7,9-12,33H,5,8H2,(H,24,28)(H,25,26)(H,30,31)(H,27,29,32). The highest BCUT2D eigenvalue weighted by molar-refractivity contribution is 6.36. The molecule has 168 valence electrons. The van der Waals surface area contributed by atoms with E-state index in [4.69, 9.17) is 28.4 Å². The lowest BCUT2D eigenvalue weighted by molar-refractivity contribution is 0.240. The van der Waals surface area contributed by atoms with Crippen molar-refractivity contribution in [3.63, 3.8) is 0 Å². The van der Waals surface area contributed by atoms with Gasteiger partial charge in [-0.15, -0.1) is 0 Å². The number of aromatic amines is 1. The summed E-state index contributed by atoms with van der Waals surface area (Å²) in [4.78, 5) is 24.7. The fourth-order valence-corrected chi connectivity index (χ4v) is 3.47. The van der Waals surface area contributed by atoms with Gasteiger partial charge in [0.25, 0.3) is 0 Å². The smallest absolute Gasteiger partial charge is 0.223 e. The van der Waals surface area contributed by atoms with Crippen molar-refractivity contribution in [1.29, 1.82) is 0 Å². The Morgan fingerprint density at radius 3 is 2.61 bits per heavy atom. The Kier molecular flexibility index (Phi) is 7.30. The molecule has 3 aromatic heterocycles. The summed E-state index contributed by atoms with van der Waals surface area (Å²) < 4.78 is 0. The molecule has 0 bridgehead atoms. The summed E-state index contributed by atoms with van der Waals surface area (Å²) in [6.07, 6.45) is 7.84. The maximum Gasteiger partial charge on any atom is 0.223 e. The van der Waals surface area contributed by atoms with Crippen molar-refractivity contribution in [2.45, 2.75) is 0 Å². The number of pyridine rings is 1. The van der Waals surface area contributed by atoms with Crippen LogP contribution < -0.4 is 16.1 Å². The van der Waals surface area contributed by atoms with Crippen molar-refractivity contribution in [2.75, 3.05) is 23.7 Å². The van der Waals surface area contributed by atoms with Crippen LogP contribution in [0.25, 0.3) is 22.6 Å². The Labute approximate surface area is 199 Å². The number of anilines is 2. The molecular formula is C21H19Cl2N9O. The van der Waals surface area contributed by atoms with E-state index in [1.165, 1.54) is 0 Å². The van der Waals surface area contributed by atoms with E-state index in [-0.39, 0.29) is 0 Å². The lowest BCUT2D eigenvalue weighted by Crippen LogP contribution is -2.16. The number of aromatic nitrogens is 5. The zero-order valence-corrected chi connectivity index (χ0v) is 18.6. The van der Waals surface area contributed by atoms with Crippen LogP contribution in [-0.2, 0) is 0 Å². The maximum atomic E-state index is 8.52. The lowest BCUT2D eigenvalue weighted by Gasteiger charge is -2.12.